The summed E-state index contributed by atoms with van der Waals surface area (Å²) in [5.41, 5.74) is 9.82. The summed E-state index contributed by atoms with van der Waals surface area (Å²) >= 11 is 3.07. The minimum atomic E-state index is -5.63. The van der Waals surface area contributed by atoms with Gasteiger partial charge in [0.25, 0.3) is 11.8 Å². The Morgan fingerprint density at radius 2 is 1.81 bits per heavy atom. The SMILES string of the molecule is C=CC1=C(C(=O)SCCNC(=O)CCNC(=O)C(O)C(C)(C)COP(=O)(O)OP(=O)(O)OCC2OC(n3cnc4c(N)ncnc43)C(O)C2OP(=O)(O)O)N2C(=O)[C@@H](NC(=O)/C(=N\O)c3csc(N)n3)[C@H]2SC1. The van der Waals surface area contributed by atoms with E-state index in [0.29, 0.717) is 5.57 Å². The third-order valence-electron chi connectivity index (χ3n) is 10.5. The number of rotatable bonds is 24. The molecule has 0 saturated carbocycles. The molecular weight excluding hydrogens is 1100 g/mol. The van der Waals surface area contributed by atoms with E-state index >= 15 is 0 Å². The monoisotopic (exact) mass is 1140 g/mol. The molecule has 0 spiro atoms. The molecule has 3 aromatic heterocycles. The van der Waals surface area contributed by atoms with Gasteiger partial charge >= 0.3 is 23.5 Å². The lowest BCUT2D eigenvalue weighted by molar-refractivity contribution is -0.146. The van der Waals surface area contributed by atoms with Crippen LogP contribution >= 0.6 is 58.3 Å². The molecule has 4 amide bonds. The van der Waals surface area contributed by atoms with E-state index in [4.69, 9.17) is 25.3 Å². The molecule has 73 heavy (non-hydrogen) atoms. The zero-order valence-electron chi connectivity index (χ0n) is 37.8. The molecule has 6 heterocycles. The summed E-state index contributed by atoms with van der Waals surface area (Å²) in [4.78, 5) is 121. The van der Waals surface area contributed by atoms with E-state index in [0.717, 1.165) is 40.3 Å². The number of imidazole rings is 1. The fourth-order valence-corrected chi connectivity index (χ4v) is 12.4. The Bertz CT molecular complexity index is 2850. The number of aromatic nitrogens is 5. The first-order valence-electron chi connectivity index (χ1n) is 20.8. The molecule has 38 heteroatoms. The van der Waals surface area contributed by atoms with E-state index in [-0.39, 0.29) is 64.5 Å². The summed E-state index contributed by atoms with van der Waals surface area (Å²) in [5, 5.41) is 41.8. The third kappa shape index (κ3) is 13.9. The fourth-order valence-electron chi connectivity index (χ4n) is 6.95. The first-order chi connectivity index (χ1) is 34.2. The Labute approximate surface area is 423 Å². The van der Waals surface area contributed by atoms with Crippen LogP contribution in [0, 0.1) is 5.41 Å². The Morgan fingerprint density at radius 1 is 1.10 bits per heavy atom. The van der Waals surface area contributed by atoms with E-state index in [9.17, 15) is 72.7 Å². The van der Waals surface area contributed by atoms with Crippen LogP contribution in [0.4, 0.5) is 10.9 Å². The normalized spacial score (nSPS) is 23.5. The summed E-state index contributed by atoms with van der Waals surface area (Å²) in [6.07, 6.45) is -5.88. The first-order valence-corrected chi connectivity index (χ1v) is 28.2. The lowest BCUT2D eigenvalue weighted by atomic mass is 9.87. The number of carbonyl (C=O) groups is 5. The first kappa shape index (κ1) is 57.5. The maximum Gasteiger partial charge on any atom is 0.481 e. The largest absolute Gasteiger partial charge is 0.481 e. The van der Waals surface area contributed by atoms with Crippen LogP contribution in [0.15, 0.2) is 47.1 Å². The molecule has 0 aromatic carbocycles. The summed E-state index contributed by atoms with van der Waals surface area (Å²) in [7, 11) is -16.6. The number of carbonyl (C=O) groups excluding carboxylic acids is 5. The van der Waals surface area contributed by atoms with Gasteiger partial charge in [-0.05, 0) is 5.57 Å². The van der Waals surface area contributed by atoms with Gasteiger partial charge in [0.05, 0.1) is 19.5 Å². The van der Waals surface area contributed by atoms with Gasteiger partial charge in [0, 0.05) is 41.8 Å². The number of ether oxygens (including phenoxy) is 1. The number of allylic oxidation sites excluding steroid dienone is 1. The Kier molecular flexibility index (Phi) is 18.4. The number of β-lactam (4-membered cyclic amide) rings is 1. The van der Waals surface area contributed by atoms with Crippen LogP contribution in [0.2, 0.25) is 0 Å². The summed E-state index contributed by atoms with van der Waals surface area (Å²) < 4.78 is 62.5. The van der Waals surface area contributed by atoms with Gasteiger partial charge in [-0.15, -0.1) is 23.1 Å². The second-order valence-corrected chi connectivity index (χ2v) is 23.5. The number of amides is 4. The zero-order valence-corrected chi connectivity index (χ0v) is 42.9. The molecule has 3 aromatic rings. The van der Waals surface area contributed by atoms with Gasteiger partial charge in [0.2, 0.25) is 16.9 Å². The van der Waals surface area contributed by atoms with Gasteiger partial charge in [-0.1, -0.05) is 43.4 Å². The Hall–Kier alpha value is -4.77. The van der Waals surface area contributed by atoms with E-state index in [1.54, 1.807) is 0 Å². The standard InChI is InChI=1S/C35H47N12O20P3S3/c1-4-15-10-72-32-21(44-28(51)19(45-55)16-11-73-34(37)43-16)30(53)47(32)22(15)33(54)71-8-7-38-18(48)5-6-39-29(52)25(50)35(2,3)12-64-70(61,62)67-69(59,60)63-9-17-24(66-68(56,57)58)23(49)31(65-17)46-14-42-20-26(36)40-13-41-27(20)46/h4,11,13-14,17,21,23-25,31-32,49-50,55H,1,5-10,12H2,2-3H3,(H2,37,43)(H,38,48)(H,39,52)(H,44,51)(H,59,60)(H,61,62)(H2,36,40,41)(H2,56,57,58)/b45-19-/t17?,21-,23?,24?,25?,31?,32-/m1/s1. The van der Waals surface area contributed by atoms with Crippen molar-refractivity contribution >= 4 is 115 Å². The molecule has 0 aliphatic carbocycles. The van der Waals surface area contributed by atoms with E-state index < -0.39 is 119 Å². The number of phosphoric acid groups is 3. The van der Waals surface area contributed by atoms with Crippen molar-refractivity contribution < 1.29 is 95.3 Å². The van der Waals surface area contributed by atoms with Crippen molar-refractivity contribution in [2.75, 3.05) is 49.3 Å². The predicted molar refractivity (Wildman–Crippen MR) is 254 cm³/mol. The van der Waals surface area contributed by atoms with Crippen molar-refractivity contribution in [1.82, 2.24) is 45.4 Å². The average molecular weight is 1140 g/mol. The van der Waals surface area contributed by atoms with Gasteiger partial charge < -0.3 is 67.1 Å². The third-order valence-corrected chi connectivity index (χ3v) is 16.5. The lowest BCUT2D eigenvalue weighted by Gasteiger charge is -2.49. The number of thioether (sulfide) groups is 2. The zero-order chi connectivity index (χ0) is 53.8. The number of fused-ring (bicyclic) bond motifs is 2. The molecule has 6 rings (SSSR count). The van der Waals surface area contributed by atoms with Crippen molar-refractivity contribution in [1.29, 1.82) is 0 Å². The molecule has 14 N–H and O–H groups in total. The number of aliphatic hydroxyl groups excluding tert-OH is 2. The van der Waals surface area contributed by atoms with Crippen molar-refractivity contribution in [2.45, 2.75) is 62.3 Å². The van der Waals surface area contributed by atoms with E-state index in [2.05, 4.69) is 56.5 Å². The van der Waals surface area contributed by atoms with Crippen LogP contribution in [-0.4, -0.2) is 172 Å². The summed E-state index contributed by atoms with van der Waals surface area (Å²) in [6, 6.07) is -1.06. The highest BCUT2D eigenvalue weighted by molar-refractivity contribution is 8.14. The lowest BCUT2D eigenvalue weighted by Crippen LogP contribution is -2.70. The van der Waals surface area contributed by atoms with Gasteiger partial charge in [-0.25, -0.2) is 33.6 Å². The quantitative estimate of drug-likeness (QED) is 0.0120. The van der Waals surface area contributed by atoms with Crippen LogP contribution in [0.25, 0.3) is 11.2 Å². The molecule has 0 bridgehead atoms. The topological polar surface area (TPSA) is 485 Å². The van der Waals surface area contributed by atoms with Crippen molar-refractivity contribution in [2.24, 2.45) is 10.6 Å². The minimum Gasteiger partial charge on any atom is -0.410 e. The number of hydrogen-bond acceptors (Lipinski definition) is 26. The number of nitrogens with one attached hydrogen (secondary N) is 3. The van der Waals surface area contributed by atoms with E-state index in [1.807, 2.05) is 0 Å². The van der Waals surface area contributed by atoms with Gasteiger partial charge in [-0.2, -0.15) is 4.31 Å². The fraction of sp³-hybridized carbons (Fsp3) is 0.486. The number of anilines is 2. The summed E-state index contributed by atoms with van der Waals surface area (Å²) in [5.74, 6) is -2.86. The smallest absolute Gasteiger partial charge is 0.410 e. The highest BCUT2D eigenvalue weighted by Crippen LogP contribution is 2.61. The van der Waals surface area contributed by atoms with Crippen LogP contribution in [0.3, 0.4) is 0 Å². The second kappa shape index (κ2) is 23.4. The minimum absolute atomic E-state index is 0.00181. The number of nitrogens with two attached hydrogens (primary N) is 2. The number of hydrogen-bond donors (Lipinski definition) is 12. The highest BCUT2D eigenvalue weighted by Gasteiger charge is 2.54. The molecule has 7 unspecified atom stereocenters. The molecular formula is C35H47N12O20P3S3. The molecule has 9 atom stereocenters. The second-order valence-electron chi connectivity index (χ2n) is 16.2. The molecule has 400 valence electrons. The molecule has 0 radical (unpaired) electrons. The predicted octanol–water partition coefficient (Wildman–Crippen LogP) is -1.58. The molecule has 3 aliphatic rings. The van der Waals surface area contributed by atoms with E-state index in [1.165, 1.54) is 42.0 Å². The van der Waals surface area contributed by atoms with Crippen LogP contribution in [0.1, 0.15) is 32.2 Å². The molecule has 2 saturated heterocycles. The summed E-state index contributed by atoms with van der Waals surface area (Å²) in [6.45, 7) is 3.69. The number of aliphatic hydroxyl groups is 2. The number of phosphoric ester groups is 3. The maximum absolute atomic E-state index is 13.4. The average Bonchev–Trinajstić information content (AvgIpc) is 4.03. The van der Waals surface area contributed by atoms with Gasteiger partial charge in [-0.3, -0.25) is 47.0 Å². The molecule has 3 aliphatic heterocycles. The number of oxime groups is 1. The highest BCUT2D eigenvalue weighted by atomic mass is 32.2. The van der Waals surface area contributed by atoms with Gasteiger partial charge in [0.1, 0.15) is 59.1 Å². The van der Waals surface area contributed by atoms with Crippen molar-refractivity contribution in [3.63, 3.8) is 0 Å². The number of nitrogens with zero attached hydrogens (tertiary/aromatic N) is 7. The van der Waals surface area contributed by atoms with Crippen molar-refractivity contribution in [3.05, 3.63) is 47.7 Å². The van der Waals surface area contributed by atoms with Gasteiger partial charge in [0.15, 0.2) is 28.5 Å². The molecule has 32 nitrogen and oxygen atoms in total. The van der Waals surface area contributed by atoms with Crippen molar-refractivity contribution in [3.8, 4) is 0 Å². The number of nitrogen functional groups attached to an aromatic ring is 2. The van der Waals surface area contributed by atoms with Crippen LogP contribution in [0.5, 0.6) is 0 Å². The van der Waals surface area contributed by atoms with Crippen LogP contribution < -0.4 is 27.4 Å². The van der Waals surface area contributed by atoms with Crippen LogP contribution in [-0.2, 0) is 60.3 Å². The maximum atomic E-state index is 13.4. The Balaban J connectivity index is 0.908. The number of thiazole rings is 1. The molecule has 2 fully saturated rings. The Morgan fingerprint density at radius 3 is 2.47 bits per heavy atom.